The molecule has 0 bridgehead atoms. The van der Waals surface area contributed by atoms with Gasteiger partial charge in [0.2, 0.25) is 0 Å². The molecule has 0 radical (unpaired) electrons. The van der Waals surface area contributed by atoms with Crippen LogP contribution in [-0.2, 0) is 23.8 Å². The van der Waals surface area contributed by atoms with E-state index in [1.165, 1.54) is 7.11 Å². The number of hydrogen-bond donors (Lipinski definition) is 1. The number of carboxylic acid groups (broad SMARTS) is 1. The van der Waals surface area contributed by atoms with Crippen molar-refractivity contribution < 1.29 is 28.9 Å². The highest BCUT2D eigenvalue weighted by atomic mass is 16.5. The minimum atomic E-state index is -0.642. The summed E-state index contributed by atoms with van der Waals surface area (Å²) in [6.45, 7) is 1.21. The summed E-state index contributed by atoms with van der Waals surface area (Å²) in [5.74, 6) is -0.695. The number of aliphatic carboxylic acids is 1. The molecule has 0 saturated heterocycles. The van der Waals surface area contributed by atoms with Crippen LogP contribution in [0.4, 0.5) is 0 Å². The van der Waals surface area contributed by atoms with Crippen molar-refractivity contribution in [1.29, 1.82) is 0 Å². The SMILES string of the molecule is COCCC1(C(=O)O)CCCC1.COCCC1(C(=O)OC)CCCC1. The van der Waals surface area contributed by atoms with E-state index in [1.54, 1.807) is 14.2 Å². The second-order valence-electron chi connectivity index (χ2n) is 7.26. The minimum Gasteiger partial charge on any atom is -0.481 e. The van der Waals surface area contributed by atoms with Crippen LogP contribution in [0.3, 0.4) is 0 Å². The molecule has 2 aliphatic carbocycles. The number of methoxy groups -OCH3 is 3. The summed E-state index contributed by atoms with van der Waals surface area (Å²) in [5, 5.41) is 9.03. The van der Waals surface area contributed by atoms with Crippen LogP contribution >= 0.6 is 0 Å². The van der Waals surface area contributed by atoms with E-state index in [4.69, 9.17) is 19.3 Å². The molecule has 6 heteroatoms. The Morgan fingerprint density at radius 1 is 0.800 bits per heavy atom. The lowest BCUT2D eigenvalue weighted by Gasteiger charge is -2.25. The van der Waals surface area contributed by atoms with Crippen molar-refractivity contribution in [3.8, 4) is 0 Å². The fourth-order valence-corrected chi connectivity index (χ4v) is 4.04. The van der Waals surface area contributed by atoms with E-state index in [9.17, 15) is 9.59 Å². The Labute approximate surface area is 151 Å². The summed E-state index contributed by atoms with van der Waals surface area (Å²) in [4.78, 5) is 22.5. The molecule has 2 aliphatic rings. The topological polar surface area (TPSA) is 82.1 Å². The third kappa shape index (κ3) is 5.96. The molecular weight excluding hydrogens is 324 g/mol. The number of esters is 1. The zero-order valence-electron chi connectivity index (χ0n) is 16.0. The Hall–Kier alpha value is -1.14. The fourth-order valence-electron chi connectivity index (χ4n) is 4.04. The van der Waals surface area contributed by atoms with Crippen molar-refractivity contribution in [3.63, 3.8) is 0 Å². The van der Waals surface area contributed by atoms with Crippen molar-refractivity contribution in [3.05, 3.63) is 0 Å². The monoisotopic (exact) mass is 358 g/mol. The summed E-state index contributed by atoms with van der Waals surface area (Å²) in [6.07, 6.45) is 9.42. The van der Waals surface area contributed by atoms with Gasteiger partial charge in [-0.1, -0.05) is 25.7 Å². The van der Waals surface area contributed by atoms with Gasteiger partial charge in [-0.05, 0) is 38.5 Å². The van der Waals surface area contributed by atoms with E-state index in [1.807, 2.05) is 0 Å². The fraction of sp³-hybridized carbons (Fsp3) is 0.895. The van der Waals surface area contributed by atoms with Gasteiger partial charge in [0.15, 0.2) is 0 Å². The molecule has 1 N–H and O–H groups in total. The van der Waals surface area contributed by atoms with E-state index in [2.05, 4.69) is 0 Å². The van der Waals surface area contributed by atoms with Crippen LogP contribution in [0.1, 0.15) is 64.2 Å². The zero-order chi connectivity index (χ0) is 18.8. The zero-order valence-corrected chi connectivity index (χ0v) is 16.0. The highest BCUT2D eigenvalue weighted by Gasteiger charge is 2.42. The quantitative estimate of drug-likeness (QED) is 0.670. The van der Waals surface area contributed by atoms with Crippen molar-refractivity contribution in [2.45, 2.75) is 64.2 Å². The Balaban J connectivity index is 0.000000251. The van der Waals surface area contributed by atoms with Gasteiger partial charge in [0.25, 0.3) is 0 Å². The molecule has 0 aromatic rings. The molecule has 0 unspecified atom stereocenters. The molecule has 2 rings (SSSR count). The Bertz CT molecular complexity index is 408. The average molecular weight is 358 g/mol. The number of carbonyl (C=O) groups excluding carboxylic acids is 1. The standard InChI is InChI=1S/C10H18O3.C9H16O3/c1-12-8-7-10(9(11)13-2)5-3-4-6-10;1-12-7-6-9(8(10)11)4-2-3-5-9/h3-8H2,1-2H3;2-7H2,1H3,(H,10,11). The third-order valence-electron chi connectivity index (χ3n) is 5.76. The van der Waals surface area contributed by atoms with Gasteiger partial charge >= 0.3 is 11.9 Å². The molecule has 0 atom stereocenters. The van der Waals surface area contributed by atoms with Crippen LogP contribution in [0.5, 0.6) is 0 Å². The summed E-state index contributed by atoms with van der Waals surface area (Å²) < 4.78 is 14.8. The molecule has 25 heavy (non-hydrogen) atoms. The molecule has 146 valence electrons. The number of ether oxygens (including phenoxy) is 3. The summed E-state index contributed by atoms with van der Waals surface area (Å²) in [7, 11) is 4.75. The Morgan fingerprint density at radius 2 is 1.20 bits per heavy atom. The van der Waals surface area contributed by atoms with E-state index < -0.39 is 11.4 Å². The molecule has 2 fully saturated rings. The largest absolute Gasteiger partial charge is 0.481 e. The predicted molar refractivity (Wildman–Crippen MR) is 94.4 cm³/mol. The lowest BCUT2D eigenvalue weighted by molar-refractivity contribution is -0.153. The molecule has 0 aromatic heterocycles. The second-order valence-corrected chi connectivity index (χ2v) is 7.26. The maximum atomic E-state index is 11.6. The van der Waals surface area contributed by atoms with Crippen molar-refractivity contribution in [2.75, 3.05) is 34.5 Å². The van der Waals surface area contributed by atoms with Gasteiger partial charge < -0.3 is 19.3 Å². The molecule has 2 saturated carbocycles. The van der Waals surface area contributed by atoms with Gasteiger partial charge in [-0.2, -0.15) is 0 Å². The Kier molecular flexibility index (Phi) is 9.43. The molecule has 0 spiro atoms. The maximum absolute atomic E-state index is 11.6. The highest BCUT2D eigenvalue weighted by molar-refractivity contribution is 5.77. The molecule has 0 aromatic carbocycles. The predicted octanol–water partition coefficient (Wildman–Crippen LogP) is 3.42. The van der Waals surface area contributed by atoms with Crippen LogP contribution in [0, 0.1) is 10.8 Å². The molecule has 6 nitrogen and oxygen atoms in total. The van der Waals surface area contributed by atoms with Gasteiger partial charge in [-0.15, -0.1) is 0 Å². The molecule has 0 heterocycles. The number of hydrogen-bond acceptors (Lipinski definition) is 5. The van der Waals surface area contributed by atoms with Crippen molar-refractivity contribution in [2.24, 2.45) is 10.8 Å². The molecule has 0 amide bonds. The molecule has 0 aliphatic heterocycles. The first-order valence-corrected chi connectivity index (χ1v) is 9.26. The first-order chi connectivity index (χ1) is 12.0. The average Bonchev–Trinajstić information content (AvgIpc) is 3.29. The van der Waals surface area contributed by atoms with Crippen LogP contribution < -0.4 is 0 Å². The maximum Gasteiger partial charge on any atom is 0.311 e. The first-order valence-electron chi connectivity index (χ1n) is 9.26. The Morgan fingerprint density at radius 3 is 1.56 bits per heavy atom. The van der Waals surface area contributed by atoms with Crippen LogP contribution in [0.25, 0.3) is 0 Å². The lowest BCUT2D eigenvalue weighted by atomic mass is 9.83. The smallest absolute Gasteiger partial charge is 0.311 e. The van der Waals surface area contributed by atoms with Gasteiger partial charge in [0.1, 0.15) is 0 Å². The van der Waals surface area contributed by atoms with E-state index >= 15 is 0 Å². The molecular formula is C19H34O6. The van der Waals surface area contributed by atoms with E-state index in [0.717, 1.165) is 57.8 Å². The lowest BCUT2D eigenvalue weighted by Crippen LogP contribution is -2.30. The van der Waals surface area contributed by atoms with Crippen LogP contribution in [0.15, 0.2) is 0 Å². The van der Waals surface area contributed by atoms with Crippen molar-refractivity contribution >= 4 is 11.9 Å². The summed E-state index contributed by atoms with van der Waals surface area (Å²) >= 11 is 0. The van der Waals surface area contributed by atoms with Gasteiger partial charge in [0, 0.05) is 27.4 Å². The summed E-state index contributed by atoms with van der Waals surface area (Å²) in [6, 6.07) is 0. The van der Waals surface area contributed by atoms with Gasteiger partial charge in [-0.3, -0.25) is 9.59 Å². The number of carbonyl (C=O) groups is 2. The highest BCUT2D eigenvalue weighted by Crippen LogP contribution is 2.42. The van der Waals surface area contributed by atoms with Gasteiger partial charge in [-0.25, -0.2) is 0 Å². The van der Waals surface area contributed by atoms with E-state index in [0.29, 0.717) is 19.6 Å². The normalized spacial score (nSPS) is 20.6. The number of carboxylic acids is 1. The summed E-state index contributed by atoms with van der Waals surface area (Å²) in [5.41, 5.74) is -0.694. The second kappa shape index (κ2) is 10.8. The number of rotatable bonds is 8. The first kappa shape index (κ1) is 21.9. The minimum absolute atomic E-state index is 0.0537. The van der Waals surface area contributed by atoms with Crippen LogP contribution in [-0.4, -0.2) is 51.6 Å². The van der Waals surface area contributed by atoms with Gasteiger partial charge in [0.05, 0.1) is 17.9 Å². The van der Waals surface area contributed by atoms with Crippen molar-refractivity contribution in [1.82, 2.24) is 0 Å². The van der Waals surface area contributed by atoms with Crippen LogP contribution in [0.2, 0.25) is 0 Å². The third-order valence-corrected chi connectivity index (χ3v) is 5.76. The van der Waals surface area contributed by atoms with E-state index in [-0.39, 0.29) is 11.4 Å².